The van der Waals surface area contributed by atoms with Gasteiger partial charge in [0.15, 0.2) is 0 Å². The zero-order valence-electron chi connectivity index (χ0n) is 7.96. The van der Waals surface area contributed by atoms with Gasteiger partial charge in [-0.05, 0) is 11.1 Å². The summed E-state index contributed by atoms with van der Waals surface area (Å²) in [6, 6.07) is 10.1. The van der Waals surface area contributed by atoms with Crippen molar-refractivity contribution in [3.63, 3.8) is 0 Å². The monoisotopic (exact) mass is 235 g/mol. The Morgan fingerprint density at radius 2 is 1.87 bits per heavy atom. The van der Waals surface area contributed by atoms with Crippen LogP contribution in [0.15, 0.2) is 40.5 Å². The zero-order chi connectivity index (χ0) is 10.5. The molecule has 0 fully saturated rings. The van der Waals surface area contributed by atoms with Crippen LogP contribution in [-0.4, -0.2) is 11.5 Å². The lowest BCUT2D eigenvalue weighted by atomic mass is 10.2. The van der Waals surface area contributed by atoms with Gasteiger partial charge in [0.25, 0.3) is 0 Å². The number of benzene rings is 1. The van der Waals surface area contributed by atoms with Crippen molar-refractivity contribution in [2.75, 3.05) is 11.5 Å². The van der Waals surface area contributed by atoms with E-state index in [1.54, 1.807) is 23.5 Å². The van der Waals surface area contributed by atoms with Crippen molar-refractivity contribution in [2.24, 2.45) is 5.11 Å². The summed E-state index contributed by atoms with van der Waals surface area (Å²) in [5, 5.41) is 4.55. The summed E-state index contributed by atoms with van der Waals surface area (Å²) in [5.74, 6) is 2.08. The first-order valence-electron chi connectivity index (χ1n) is 4.52. The van der Waals surface area contributed by atoms with Gasteiger partial charge in [0.2, 0.25) is 0 Å². The van der Waals surface area contributed by atoms with Crippen molar-refractivity contribution in [1.29, 1.82) is 0 Å². The molecular formula is C10H9N3S2. The minimum atomic E-state index is 0.806. The molecule has 1 aromatic rings. The molecule has 5 heteroatoms. The second kappa shape index (κ2) is 5.16. The maximum atomic E-state index is 8.48. The molecule has 0 N–H and O–H groups in total. The van der Waals surface area contributed by atoms with E-state index in [0.29, 0.717) is 0 Å². The van der Waals surface area contributed by atoms with Gasteiger partial charge in [-0.1, -0.05) is 35.4 Å². The van der Waals surface area contributed by atoms with Gasteiger partial charge < -0.3 is 0 Å². The Labute approximate surface area is 96.6 Å². The molecular weight excluding hydrogens is 226 g/mol. The minimum Gasteiger partial charge on any atom is -0.124 e. The number of rotatable bonds is 2. The third-order valence-corrected chi connectivity index (χ3v) is 4.42. The molecule has 0 radical (unpaired) electrons. The summed E-state index contributed by atoms with van der Waals surface area (Å²) in [4.78, 5) is 3.97. The van der Waals surface area contributed by atoms with E-state index in [0.717, 1.165) is 27.0 Å². The molecule has 2 rings (SSSR count). The molecule has 0 atom stereocenters. The van der Waals surface area contributed by atoms with Crippen LogP contribution in [0.1, 0.15) is 5.56 Å². The van der Waals surface area contributed by atoms with E-state index in [4.69, 9.17) is 5.53 Å². The molecule has 15 heavy (non-hydrogen) atoms. The van der Waals surface area contributed by atoms with Crippen molar-refractivity contribution in [1.82, 2.24) is 0 Å². The SMILES string of the molecule is [N-]=[N+]=NC1=C(c2ccccc2)SCCS1. The van der Waals surface area contributed by atoms with Gasteiger partial charge in [-0.3, -0.25) is 0 Å². The number of nitrogens with zero attached hydrogens (tertiary/aromatic N) is 3. The summed E-state index contributed by atoms with van der Waals surface area (Å²) in [5.41, 5.74) is 9.62. The highest BCUT2D eigenvalue weighted by Gasteiger charge is 2.14. The van der Waals surface area contributed by atoms with Crippen LogP contribution in [-0.2, 0) is 0 Å². The molecule has 0 amide bonds. The van der Waals surface area contributed by atoms with Gasteiger partial charge in [0, 0.05) is 21.3 Å². The Kier molecular flexibility index (Phi) is 3.61. The van der Waals surface area contributed by atoms with E-state index in [2.05, 4.69) is 10.0 Å². The van der Waals surface area contributed by atoms with Crippen molar-refractivity contribution >= 4 is 28.4 Å². The first-order valence-corrected chi connectivity index (χ1v) is 6.49. The van der Waals surface area contributed by atoms with E-state index < -0.39 is 0 Å². The number of hydrogen-bond donors (Lipinski definition) is 0. The van der Waals surface area contributed by atoms with Crippen LogP contribution in [0.25, 0.3) is 15.3 Å². The molecule has 0 unspecified atom stereocenters. The Hall–Kier alpha value is -1.03. The molecule has 1 aromatic carbocycles. The predicted octanol–water partition coefficient (Wildman–Crippen LogP) is 4.10. The van der Waals surface area contributed by atoms with Crippen LogP contribution < -0.4 is 0 Å². The van der Waals surface area contributed by atoms with Crippen molar-refractivity contribution in [3.8, 4) is 0 Å². The number of hydrogen-bond acceptors (Lipinski definition) is 3. The Balaban J connectivity index is 2.43. The molecule has 0 aromatic heterocycles. The largest absolute Gasteiger partial charge is 0.124 e. The van der Waals surface area contributed by atoms with E-state index >= 15 is 0 Å². The summed E-state index contributed by atoms with van der Waals surface area (Å²) in [6.45, 7) is 0. The van der Waals surface area contributed by atoms with Crippen LogP contribution in [0.5, 0.6) is 0 Å². The van der Waals surface area contributed by atoms with E-state index in [1.807, 2.05) is 30.3 Å². The quantitative estimate of drug-likeness (QED) is 0.440. The van der Waals surface area contributed by atoms with E-state index in [1.165, 1.54) is 0 Å². The molecule has 0 aliphatic carbocycles. The lowest BCUT2D eigenvalue weighted by Crippen LogP contribution is -1.95. The average Bonchev–Trinajstić information content (AvgIpc) is 2.31. The van der Waals surface area contributed by atoms with Gasteiger partial charge in [-0.25, -0.2) is 0 Å². The Morgan fingerprint density at radius 1 is 1.13 bits per heavy atom. The highest BCUT2D eigenvalue weighted by atomic mass is 32.2. The minimum absolute atomic E-state index is 0.806. The topological polar surface area (TPSA) is 48.8 Å². The fourth-order valence-corrected chi connectivity index (χ4v) is 3.55. The maximum absolute atomic E-state index is 8.48. The smallest absolute Gasteiger partial charge is 0.0848 e. The predicted molar refractivity (Wildman–Crippen MR) is 67.4 cm³/mol. The van der Waals surface area contributed by atoms with Crippen molar-refractivity contribution < 1.29 is 0 Å². The molecule has 0 bridgehead atoms. The van der Waals surface area contributed by atoms with Crippen LogP contribution in [0.3, 0.4) is 0 Å². The first kappa shape index (κ1) is 10.5. The average molecular weight is 235 g/mol. The molecule has 1 aliphatic rings. The summed E-state index contributed by atoms with van der Waals surface area (Å²) in [7, 11) is 0. The van der Waals surface area contributed by atoms with Crippen molar-refractivity contribution in [3.05, 3.63) is 51.4 Å². The van der Waals surface area contributed by atoms with E-state index in [-0.39, 0.29) is 0 Å². The Morgan fingerprint density at radius 3 is 2.60 bits per heavy atom. The molecule has 1 aliphatic heterocycles. The Bertz CT molecular complexity index is 422. The third-order valence-electron chi connectivity index (χ3n) is 1.93. The second-order valence-electron chi connectivity index (χ2n) is 2.89. The zero-order valence-corrected chi connectivity index (χ0v) is 9.59. The standard InChI is InChI=1S/C10H9N3S2/c11-13-12-10-9(14-6-7-15-10)8-4-2-1-3-5-8/h1-5H,6-7H2. The summed E-state index contributed by atoms with van der Waals surface area (Å²) in [6.07, 6.45) is 0. The van der Waals surface area contributed by atoms with E-state index in [9.17, 15) is 0 Å². The van der Waals surface area contributed by atoms with Crippen LogP contribution in [0, 0.1) is 0 Å². The summed E-state index contributed by atoms with van der Waals surface area (Å²) < 4.78 is 0. The van der Waals surface area contributed by atoms with Gasteiger partial charge in [0.05, 0.1) is 5.03 Å². The number of thioether (sulfide) groups is 2. The maximum Gasteiger partial charge on any atom is 0.0848 e. The summed E-state index contributed by atoms with van der Waals surface area (Å²) >= 11 is 3.39. The lowest BCUT2D eigenvalue weighted by molar-refractivity contribution is 1.44. The lowest BCUT2D eigenvalue weighted by Gasteiger charge is -2.16. The third kappa shape index (κ3) is 2.50. The van der Waals surface area contributed by atoms with Gasteiger partial charge in [-0.15, -0.1) is 23.5 Å². The van der Waals surface area contributed by atoms with Crippen LogP contribution in [0.2, 0.25) is 0 Å². The molecule has 0 spiro atoms. The molecule has 1 heterocycles. The van der Waals surface area contributed by atoms with Crippen LogP contribution >= 0.6 is 23.5 Å². The normalized spacial score (nSPS) is 16.0. The molecule has 0 saturated carbocycles. The van der Waals surface area contributed by atoms with Crippen molar-refractivity contribution in [2.45, 2.75) is 0 Å². The fraction of sp³-hybridized carbons (Fsp3) is 0.200. The fourth-order valence-electron chi connectivity index (χ4n) is 1.32. The highest BCUT2D eigenvalue weighted by molar-refractivity contribution is 8.13. The second-order valence-corrected chi connectivity index (χ2v) is 5.08. The number of azide groups is 1. The van der Waals surface area contributed by atoms with Gasteiger partial charge in [-0.2, -0.15) is 0 Å². The highest BCUT2D eigenvalue weighted by Crippen LogP contribution is 2.40. The first-order chi connectivity index (χ1) is 7.42. The molecule has 76 valence electrons. The molecule has 0 saturated heterocycles. The van der Waals surface area contributed by atoms with Crippen LogP contribution in [0.4, 0.5) is 0 Å². The van der Waals surface area contributed by atoms with Gasteiger partial charge in [0.1, 0.15) is 0 Å². The molecule has 3 nitrogen and oxygen atoms in total. The van der Waals surface area contributed by atoms with Gasteiger partial charge >= 0.3 is 0 Å².